The number of aliphatic hydroxyl groups is 2. The molecule has 80 valence electrons. The Morgan fingerprint density at radius 3 is 1.38 bits per heavy atom. The van der Waals surface area contributed by atoms with Gasteiger partial charge >= 0.3 is 0 Å². The van der Waals surface area contributed by atoms with Crippen molar-refractivity contribution in [1.29, 1.82) is 0 Å². The molecular weight excluding hydrogens is 224 g/mol. The number of hydrogen-bond donors (Lipinski definition) is 2. The van der Waals surface area contributed by atoms with Gasteiger partial charge in [0.1, 0.15) is 0 Å². The summed E-state index contributed by atoms with van der Waals surface area (Å²) in [7, 11) is -8.52. The van der Waals surface area contributed by atoms with Gasteiger partial charge in [-0.25, -0.2) is 0 Å². The molecule has 0 aliphatic heterocycles. The first-order valence-electron chi connectivity index (χ1n) is 3.21. The van der Waals surface area contributed by atoms with Crippen molar-refractivity contribution < 1.29 is 30.7 Å². The second kappa shape index (κ2) is 4.86. The number of hydrogen-bond acceptors (Lipinski definition) is 7. The normalized spacial score (nSPS) is 13.1. The molecule has 0 aromatic rings. The zero-order valence-corrected chi connectivity index (χ0v) is 8.21. The summed E-state index contributed by atoms with van der Waals surface area (Å²) in [6, 6.07) is 0. The lowest BCUT2D eigenvalue weighted by Crippen LogP contribution is -2.21. The Labute approximate surface area is 76.2 Å². The van der Waals surface area contributed by atoms with E-state index in [9.17, 15) is 16.8 Å². The standard InChI is InChI=1S/C4H10O7S2/c5-1-3-12(7,8)11-13(9,10)4-2-6/h5-6H,1-4H2. The summed E-state index contributed by atoms with van der Waals surface area (Å²) in [5.74, 6) is -1.59. The third-order valence-corrected chi connectivity index (χ3v) is 3.91. The smallest absolute Gasteiger partial charge is 0.284 e. The summed E-state index contributed by atoms with van der Waals surface area (Å²) in [5.41, 5.74) is 0. The average Bonchev–Trinajstić information content (AvgIpc) is 1.82. The fraction of sp³-hybridized carbons (Fsp3) is 1.00. The van der Waals surface area contributed by atoms with E-state index in [4.69, 9.17) is 10.2 Å². The van der Waals surface area contributed by atoms with Gasteiger partial charge in [0.25, 0.3) is 20.2 Å². The molecule has 13 heavy (non-hydrogen) atoms. The largest absolute Gasteiger partial charge is 0.395 e. The van der Waals surface area contributed by atoms with E-state index in [1.807, 2.05) is 0 Å². The van der Waals surface area contributed by atoms with Gasteiger partial charge in [0.2, 0.25) is 0 Å². The Morgan fingerprint density at radius 2 is 1.15 bits per heavy atom. The summed E-state index contributed by atoms with van der Waals surface area (Å²) in [6.45, 7) is -1.45. The van der Waals surface area contributed by atoms with Crippen molar-refractivity contribution in [3.05, 3.63) is 0 Å². The molecule has 9 heteroatoms. The Kier molecular flexibility index (Phi) is 4.78. The van der Waals surface area contributed by atoms with Crippen LogP contribution >= 0.6 is 0 Å². The van der Waals surface area contributed by atoms with Crippen molar-refractivity contribution in [2.24, 2.45) is 0 Å². The zero-order valence-electron chi connectivity index (χ0n) is 6.58. The lowest BCUT2D eigenvalue weighted by Gasteiger charge is -2.02. The topological polar surface area (TPSA) is 118 Å². The fourth-order valence-electron chi connectivity index (χ4n) is 0.450. The molecule has 0 atom stereocenters. The van der Waals surface area contributed by atoms with Gasteiger partial charge in [-0.1, -0.05) is 0 Å². The third-order valence-electron chi connectivity index (χ3n) is 0.890. The Morgan fingerprint density at radius 1 is 0.846 bits per heavy atom. The molecule has 0 aliphatic carbocycles. The van der Waals surface area contributed by atoms with Crippen LogP contribution < -0.4 is 0 Å². The first-order valence-corrected chi connectivity index (χ1v) is 6.36. The van der Waals surface area contributed by atoms with Gasteiger partial charge in [0, 0.05) is 0 Å². The number of rotatable bonds is 6. The van der Waals surface area contributed by atoms with Crippen molar-refractivity contribution in [3.63, 3.8) is 0 Å². The highest BCUT2D eigenvalue weighted by molar-refractivity contribution is 7.99. The van der Waals surface area contributed by atoms with E-state index < -0.39 is 45.0 Å². The maximum Gasteiger partial charge on any atom is 0.284 e. The minimum absolute atomic E-state index is 0.725. The Bertz CT molecular complexity index is 292. The second-order valence-corrected chi connectivity index (χ2v) is 5.63. The van der Waals surface area contributed by atoms with E-state index in [2.05, 4.69) is 3.63 Å². The second-order valence-electron chi connectivity index (χ2n) is 2.04. The molecule has 0 unspecified atom stereocenters. The highest BCUT2D eigenvalue weighted by Crippen LogP contribution is 2.01. The van der Waals surface area contributed by atoms with E-state index in [-0.39, 0.29) is 0 Å². The third kappa shape index (κ3) is 5.93. The van der Waals surface area contributed by atoms with Gasteiger partial charge in [-0.3, -0.25) is 0 Å². The molecule has 0 spiro atoms. The van der Waals surface area contributed by atoms with Crippen LogP contribution in [0.4, 0.5) is 0 Å². The van der Waals surface area contributed by atoms with Crippen LogP contribution in [0.3, 0.4) is 0 Å². The van der Waals surface area contributed by atoms with E-state index in [1.165, 1.54) is 0 Å². The molecule has 0 fully saturated rings. The molecular formula is C4H10O7S2. The molecule has 0 aromatic carbocycles. The van der Waals surface area contributed by atoms with Gasteiger partial charge in [-0.2, -0.15) is 16.8 Å². The molecule has 0 aromatic heterocycles. The van der Waals surface area contributed by atoms with E-state index in [0.717, 1.165) is 0 Å². The summed E-state index contributed by atoms with van der Waals surface area (Å²) >= 11 is 0. The van der Waals surface area contributed by atoms with Crippen LogP contribution in [0.1, 0.15) is 0 Å². The predicted octanol–water partition coefficient (Wildman–Crippen LogP) is -2.35. The highest BCUT2D eigenvalue weighted by atomic mass is 32.3. The van der Waals surface area contributed by atoms with Crippen LogP contribution in [-0.2, 0) is 23.9 Å². The molecule has 7 nitrogen and oxygen atoms in total. The first kappa shape index (κ1) is 12.8. The Hall–Kier alpha value is -0.220. The van der Waals surface area contributed by atoms with Gasteiger partial charge in [-0.05, 0) is 0 Å². The molecule has 0 radical (unpaired) electrons. The first-order chi connectivity index (χ1) is 5.83. The van der Waals surface area contributed by atoms with Crippen molar-refractivity contribution >= 4 is 20.2 Å². The minimum atomic E-state index is -4.26. The van der Waals surface area contributed by atoms with Crippen molar-refractivity contribution in [2.75, 3.05) is 24.7 Å². The zero-order chi connectivity index (χ0) is 10.5. The van der Waals surface area contributed by atoms with Crippen LogP contribution in [0, 0.1) is 0 Å². The molecule has 0 bridgehead atoms. The molecule has 0 aliphatic rings. The summed E-state index contributed by atoms with van der Waals surface area (Å²) < 4.78 is 46.4. The molecule has 2 N–H and O–H groups in total. The maximum absolute atomic E-state index is 10.7. The Balaban J connectivity index is 4.44. The van der Waals surface area contributed by atoms with Crippen molar-refractivity contribution in [1.82, 2.24) is 0 Å². The monoisotopic (exact) mass is 234 g/mol. The number of aliphatic hydroxyl groups excluding tert-OH is 2. The highest BCUT2D eigenvalue weighted by Gasteiger charge is 2.21. The van der Waals surface area contributed by atoms with Gasteiger partial charge in [0.05, 0.1) is 24.7 Å². The summed E-state index contributed by atoms with van der Waals surface area (Å²) in [4.78, 5) is 0. The van der Waals surface area contributed by atoms with Crippen LogP contribution in [-0.4, -0.2) is 51.8 Å². The van der Waals surface area contributed by atoms with Crippen LogP contribution in [0.15, 0.2) is 0 Å². The lowest BCUT2D eigenvalue weighted by molar-refractivity contribution is 0.312. The quantitative estimate of drug-likeness (QED) is 0.528. The van der Waals surface area contributed by atoms with Gasteiger partial charge < -0.3 is 10.2 Å². The van der Waals surface area contributed by atoms with Crippen molar-refractivity contribution in [3.8, 4) is 0 Å². The van der Waals surface area contributed by atoms with E-state index >= 15 is 0 Å². The lowest BCUT2D eigenvalue weighted by atomic mass is 10.9. The molecule has 0 rings (SSSR count). The van der Waals surface area contributed by atoms with Gasteiger partial charge in [-0.15, -0.1) is 3.63 Å². The van der Waals surface area contributed by atoms with E-state index in [1.54, 1.807) is 0 Å². The molecule has 0 amide bonds. The SMILES string of the molecule is O=S(=O)(CCO)OS(=O)(=O)CCO. The van der Waals surface area contributed by atoms with Crippen molar-refractivity contribution in [2.45, 2.75) is 0 Å². The molecule has 0 heterocycles. The maximum atomic E-state index is 10.7. The van der Waals surface area contributed by atoms with Crippen LogP contribution in [0.5, 0.6) is 0 Å². The minimum Gasteiger partial charge on any atom is -0.395 e. The van der Waals surface area contributed by atoms with E-state index in [0.29, 0.717) is 0 Å². The van der Waals surface area contributed by atoms with Crippen LogP contribution in [0.25, 0.3) is 0 Å². The average molecular weight is 234 g/mol. The molecule has 0 saturated heterocycles. The summed E-state index contributed by atoms with van der Waals surface area (Å²) in [6.07, 6.45) is 0. The summed E-state index contributed by atoms with van der Waals surface area (Å²) in [5, 5.41) is 16.5. The fourth-order valence-corrected chi connectivity index (χ4v) is 2.70. The predicted molar refractivity (Wildman–Crippen MR) is 42.8 cm³/mol. The van der Waals surface area contributed by atoms with Crippen LogP contribution in [0.2, 0.25) is 0 Å². The van der Waals surface area contributed by atoms with Gasteiger partial charge in [0.15, 0.2) is 0 Å². The molecule has 0 saturated carbocycles.